The lowest BCUT2D eigenvalue weighted by molar-refractivity contribution is -0.146. The van der Waals surface area contributed by atoms with Crippen LogP contribution in [-0.2, 0) is 55.1 Å². The molecular formula is C65H99N11O19S2. The van der Waals surface area contributed by atoms with Gasteiger partial charge in [-0.25, -0.2) is 0 Å². The van der Waals surface area contributed by atoms with Crippen LogP contribution in [0.2, 0.25) is 0 Å². The highest BCUT2D eigenvalue weighted by Crippen LogP contribution is 2.48. The normalized spacial score (nSPS) is 25.8. The standard InChI is InChI=1S/C65H99N11O19S2/c1-37-31-75(33-52(37)83)63(88)57(53(84)34-94-36-67-24-23-66)72-60(87)56(51(82)25-40-11-18-50(81)54(26-40)95-97(90,91)92)71-59(86)49-28-47(80)32-76(49)64(89)55(38(2)78)70-58(85)48(27-46(79)30-68-35-77)69-29-39-9-12-43(13-10-39)61-73-74-62(96-61)44-16-14-41(15-17-44)42-19-21-65(93-3,22-20-42)45-7-5-4-6-8-45/h11,14-18,26,35,37-39,42-43,45-49,51-53,55-57,67,69,78-84H,4-10,12-13,19-25,27-34,36,66H2,1-3H3,(H,68,77)(H,70,85)(H,71,86)(H,72,87)(H,90,91,92)/t37-,38+,39?,42?,43?,46+,47+,48-,49-,51+,52+,53+,55-,56-,57-,65?/m0/s1. The van der Waals surface area contributed by atoms with Crippen LogP contribution in [0.1, 0.15) is 138 Å². The molecule has 16 N–H and O–H groups in total. The summed E-state index contributed by atoms with van der Waals surface area (Å²) in [6.07, 6.45) is 3.79. The van der Waals surface area contributed by atoms with E-state index in [1.165, 1.54) is 55.6 Å². The maximum atomic E-state index is 14.7. The molecule has 2 aliphatic heterocycles. The molecule has 32 heteroatoms. The number of likely N-dealkylation sites (tertiary alicyclic amines) is 2. The number of nitrogens with zero attached hydrogens (tertiary/aromatic N) is 4. The van der Waals surface area contributed by atoms with Crippen molar-refractivity contribution in [1.29, 1.82) is 0 Å². The van der Waals surface area contributed by atoms with Crippen LogP contribution in [0.25, 0.3) is 10.6 Å². The van der Waals surface area contributed by atoms with E-state index in [1.54, 1.807) is 18.3 Å². The fourth-order valence-electron chi connectivity index (χ4n) is 14.4. The van der Waals surface area contributed by atoms with Crippen molar-refractivity contribution in [2.24, 2.45) is 23.5 Å². The number of nitrogens with one attached hydrogen (secondary N) is 6. The number of rotatable bonds is 34. The fourth-order valence-corrected chi connectivity index (χ4v) is 15.7. The first-order valence-corrected chi connectivity index (χ1v) is 35.9. The van der Waals surface area contributed by atoms with Crippen molar-refractivity contribution in [2.45, 2.75) is 201 Å². The van der Waals surface area contributed by atoms with Crippen molar-refractivity contribution in [1.82, 2.24) is 51.9 Å². The Labute approximate surface area is 569 Å². The van der Waals surface area contributed by atoms with E-state index in [0.29, 0.717) is 31.3 Å². The van der Waals surface area contributed by atoms with Gasteiger partial charge in [0.1, 0.15) is 40.3 Å². The third-order valence-corrected chi connectivity index (χ3v) is 21.5. The highest BCUT2D eigenvalue weighted by Gasteiger charge is 2.47. The number of benzene rings is 2. The summed E-state index contributed by atoms with van der Waals surface area (Å²) < 4.78 is 48.8. The monoisotopic (exact) mass is 1400 g/mol. The average Bonchev–Trinajstić information content (AvgIpc) is 1.49. The Kier molecular flexibility index (Phi) is 28.3. The Morgan fingerprint density at radius 1 is 0.835 bits per heavy atom. The number of carbonyl (C=O) groups excluding carboxylic acids is 6. The van der Waals surface area contributed by atoms with Crippen molar-refractivity contribution >= 4 is 57.7 Å². The molecule has 2 aromatic carbocycles. The van der Waals surface area contributed by atoms with Crippen molar-refractivity contribution in [3.05, 3.63) is 58.6 Å². The minimum Gasteiger partial charge on any atom is -0.504 e. The van der Waals surface area contributed by atoms with Crippen LogP contribution >= 0.6 is 11.3 Å². The van der Waals surface area contributed by atoms with Crippen LogP contribution in [0.3, 0.4) is 0 Å². The van der Waals surface area contributed by atoms with Gasteiger partial charge in [-0.1, -0.05) is 67.9 Å². The summed E-state index contributed by atoms with van der Waals surface area (Å²) in [5, 5.41) is 104. The summed E-state index contributed by atoms with van der Waals surface area (Å²) in [6.45, 7) is 2.14. The minimum absolute atomic E-state index is 0.00127. The van der Waals surface area contributed by atoms with Crippen LogP contribution in [0.4, 0.5) is 0 Å². The fraction of sp³-hybridized carbons (Fsp3) is 0.692. The van der Waals surface area contributed by atoms with Gasteiger partial charge in [0, 0.05) is 76.6 Å². The van der Waals surface area contributed by atoms with Gasteiger partial charge in [0.15, 0.2) is 11.5 Å². The predicted octanol–water partition coefficient (Wildman–Crippen LogP) is -0.433. The molecule has 3 aromatic rings. The van der Waals surface area contributed by atoms with Gasteiger partial charge in [0.05, 0.1) is 55.5 Å². The summed E-state index contributed by atoms with van der Waals surface area (Å²) in [6, 6.07) is 3.12. The molecule has 1 aromatic heterocycles. The van der Waals surface area contributed by atoms with Gasteiger partial charge in [-0.05, 0) is 125 Å². The largest absolute Gasteiger partial charge is 0.504 e. The molecule has 0 radical (unpaired) electrons. The number of carbonyl (C=O) groups is 6. The molecule has 5 fully saturated rings. The summed E-state index contributed by atoms with van der Waals surface area (Å²) >= 11 is 1.58. The number of phenolic OH excluding ortho intramolecular Hbond substituents is 1. The summed E-state index contributed by atoms with van der Waals surface area (Å²) in [5.74, 6) is -5.85. The third-order valence-electron chi connectivity index (χ3n) is 20.0. The summed E-state index contributed by atoms with van der Waals surface area (Å²) in [7, 11) is -3.30. The molecule has 5 aliphatic rings. The first-order valence-electron chi connectivity index (χ1n) is 33.8. The molecule has 0 spiro atoms. The van der Waals surface area contributed by atoms with Crippen LogP contribution in [0.5, 0.6) is 11.5 Å². The average molecular weight is 1400 g/mol. The molecule has 3 heterocycles. The van der Waals surface area contributed by atoms with E-state index in [2.05, 4.69) is 70.5 Å². The SMILES string of the molecule is COC1(C2CCCCC2)CCC(c2ccc(-c3nnc(C4CCC(CN[C@@H](C[C@@H](O)CNC=O)C(=O)N[C@H](C(=O)N5C[C@H](O)C[C@H]5C(=O)N[C@H](C(=O)N[C@H](C(=O)N5C[C@@H](O)[C@@H](C)C5)[C@H](O)COCNCCN)[C@H](O)Cc5ccc(O)c(OS(=O)(=O)O)c5)[C@@H](C)O)CC4)s3)cc2)CC1. The van der Waals surface area contributed by atoms with E-state index in [4.69, 9.17) is 15.2 Å². The molecule has 12 atom stereocenters. The second-order valence-corrected chi connectivity index (χ2v) is 28.9. The zero-order chi connectivity index (χ0) is 70.1. The number of phenols is 1. The number of hydrogen-bond donors (Lipinski definition) is 15. The molecule has 30 nitrogen and oxygen atoms in total. The lowest BCUT2D eigenvalue weighted by Crippen LogP contribution is -2.63. The number of aromatic nitrogens is 2. The first-order chi connectivity index (χ1) is 46.3. The van der Waals surface area contributed by atoms with Gasteiger partial charge >= 0.3 is 10.4 Å². The van der Waals surface area contributed by atoms with Crippen molar-refractivity contribution in [3.63, 3.8) is 0 Å². The lowest BCUT2D eigenvalue weighted by atomic mass is 9.66. The number of aliphatic hydroxyl groups is 6. The van der Waals surface area contributed by atoms with E-state index in [9.17, 15) is 77.5 Å². The van der Waals surface area contributed by atoms with Crippen molar-refractivity contribution in [2.75, 3.05) is 66.3 Å². The smallest absolute Gasteiger partial charge is 0.446 e. The van der Waals surface area contributed by atoms with E-state index in [0.717, 1.165) is 84.0 Å². The maximum Gasteiger partial charge on any atom is 0.446 e. The molecule has 97 heavy (non-hydrogen) atoms. The van der Waals surface area contributed by atoms with Gasteiger partial charge < -0.3 is 91.5 Å². The number of hydrogen-bond acceptors (Lipinski definition) is 24. The number of amides is 6. The molecule has 2 saturated heterocycles. The minimum atomic E-state index is -5.19. The highest BCUT2D eigenvalue weighted by atomic mass is 32.3. The number of ether oxygens (including phenoxy) is 2. The molecular weight excluding hydrogens is 1300 g/mol. The second kappa shape index (κ2) is 35.8. The number of aliphatic hydroxyl groups excluding tert-OH is 6. The van der Waals surface area contributed by atoms with Gasteiger partial charge in [-0.3, -0.25) is 38.6 Å². The quantitative estimate of drug-likeness (QED) is 0.0156. The van der Waals surface area contributed by atoms with E-state index in [1.807, 2.05) is 7.11 Å². The Bertz CT molecular complexity index is 3180. The Morgan fingerprint density at radius 2 is 1.54 bits per heavy atom. The molecule has 3 aliphatic carbocycles. The van der Waals surface area contributed by atoms with Crippen molar-refractivity contribution < 1.29 is 91.1 Å². The molecule has 8 rings (SSSR count). The second-order valence-electron chi connectivity index (χ2n) is 26.9. The van der Waals surface area contributed by atoms with Crippen molar-refractivity contribution in [3.8, 4) is 22.1 Å². The first kappa shape index (κ1) is 76.6. The number of nitrogens with two attached hydrogens (primary N) is 1. The van der Waals surface area contributed by atoms with Crippen LogP contribution in [0.15, 0.2) is 42.5 Å². The molecule has 540 valence electrons. The topological polar surface area (TPSA) is 457 Å². The predicted molar refractivity (Wildman–Crippen MR) is 353 cm³/mol. The molecule has 6 amide bonds. The lowest BCUT2D eigenvalue weighted by Gasteiger charge is -2.46. The van der Waals surface area contributed by atoms with Gasteiger partial charge in [-0.15, -0.1) is 10.2 Å². The maximum absolute atomic E-state index is 14.7. The van der Waals surface area contributed by atoms with E-state index < -0.39 is 150 Å². The highest BCUT2D eigenvalue weighted by molar-refractivity contribution is 7.81. The van der Waals surface area contributed by atoms with Crippen LogP contribution in [-0.4, -0.2) is 243 Å². The Morgan fingerprint density at radius 3 is 2.18 bits per heavy atom. The van der Waals surface area contributed by atoms with Crippen LogP contribution in [0, 0.1) is 17.8 Å². The summed E-state index contributed by atoms with van der Waals surface area (Å²) in [5.41, 5.74) is 7.84. The van der Waals surface area contributed by atoms with Gasteiger partial charge in [0.2, 0.25) is 35.9 Å². The zero-order valence-electron chi connectivity index (χ0n) is 55.3. The number of β-amino-alcohol motifs (C(OH)–C–C–N with tert-alkyl or cyclic N) is 2. The number of aromatic hydroxyl groups is 1. The molecule has 3 saturated carbocycles. The summed E-state index contributed by atoms with van der Waals surface area (Å²) in [4.78, 5) is 85.9. The zero-order valence-corrected chi connectivity index (χ0v) is 56.9. The number of methoxy groups -OCH3 is 1. The van der Waals surface area contributed by atoms with Crippen LogP contribution < -0.4 is 41.8 Å². The molecule has 0 bridgehead atoms. The Balaban J connectivity index is 0.922. The molecule has 0 unspecified atom stereocenters. The van der Waals surface area contributed by atoms with Gasteiger partial charge in [0.25, 0.3) is 0 Å². The van der Waals surface area contributed by atoms with E-state index >= 15 is 0 Å². The van der Waals surface area contributed by atoms with Gasteiger partial charge in [-0.2, -0.15) is 8.42 Å². The Hall–Kier alpha value is -6.11. The third kappa shape index (κ3) is 21.0. The van der Waals surface area contributed by atoms with E-state index in [-0.39, 0.29) is 62.3 Å².